The first-order valence-corrected chi connectivity index (χ1v) is 8.50. The molecule has 1 N–H and O–H groups in total. The minimum absolute atomic E-state index is 0.722. The number of aromatic amines is 1. The number of imidazole rings is 1. The Bertz CT molecular complexity index is 771. The molecule has 0 aliphatic heterocycles. The highest BCUT2D eigenvalue weighted by molar-refractivity contribution is 7.71. The Kier molecular flexibility index (Phi) is 4.41. The number of fused-ring (bicyclic) bond motifs is 1. The third-order valence-corrected chi connectivity index (χ3v) is 4.49. The lowest BCUT2D eigenvalue weighted by Gasteiger charge is -2.07. The number of benzene rings is 1. The molecule has 1 aromatic carbocycles. The maximum Gasteiger partial charge on any atom is 0.178 e. The van der Waals surface area contributed by atoms with Crippen LogP contribution in [-0.4, -0.2) is 16.2 Å². The molecule has 0 atom stereocenters. The van der Waals surface area contributed by atoms with E-state index in [1.54, 1.807) is 11.3 Å². The molecule has 0 saturated heterocycles. The minimum atomic E-state index is 0.722. The molecule has 0 saturated carbocycles. The summed E-state index contributed by atoms with van der Waals surface area (Å²) in [4.78, 5) is 3.29. The summed E-state index contributed by atoms with van der Waals surface area (Å²) in [6.45, 7) is 3.71. The lowest BCUT2D eigenvalue weighted by Crippen LogP contribution is -2.01. The predicted molar refractivity (Wildman–Crippen MR) is 90.9 cm³/mol. The average Bonchev–Trinajstić information content (AvgIpc) is 3.10. The summed E-state index contributed by atoms with van der Waals surface area (Å²) in [6.07, 6.45) is 1.99. The van der Waals surface area contributed by atoms with Crippen molar-refractivity contribution in [2.75, 3.05) is 6.61 Å². The molecule has 0 aliphatic rings. The van der Waals surface area contributed by atoms with Gasteiger partial charge < -0.3 is 14.3 Å². The molecule has 2 heterocycles. The maximum absolute atomic E-state index is 5.80. The molecule has 0 unspecified atom stereocenters. The van der Waals surface area contributed by atoms with E-state index in [2.05, 4.69) is 39.4 Å². The number of nitrogens with zero attached hydrogens (tertiary/aromatic N) is 1. The molecule has 0 aliphatic carbocycles. The maximum atomic E-state index is 5.80. The molecular weight excluding hydrogens is 300 g/mol. The minimum Gasteiger partial charge on any atom is -0.491 e. The van der Waals surface area contributed by atoms with E-state index >= 15 is 0 Å². The van der Waals surface area contributed by atoms with Gasteiger partial charge in [-0.15, -0.1) is 0 Å². The first-order chi connectivity index (χ1) is 10.3. The molecule has 110 valence electrons. The predicted octanol–water partition coefficient (Wildman–Crippen LogP) is 4.79. The zero-order chi connectivity index (χ0) is 14.7. The molecule has 0 radical (unpaired) electrons. The van der Waals surface area contributed by atoms with Crippen molar-refractivity contribution in [1.82, 2.24) is 9.55 Å². The van der Waals surface area contributed by atoms with E-state index in [4.69, 9.17) is 17.0 Å². The molecule has 0 amide bonds. The van der Waals surface area contributed by atoms with E-state index in [1.807, 2.05) is 12.1 Å². The van der Waals surface area contributed by atoms with E-state index in [0.717, 1.165) is 47.5 Å². The van der Waals surface area contributed by atoms with Crippen LogP contribution in [-0.2, 0) is 13.0 Å². The van der Waals surface area contributed by atoms with Crippen molar-refractivity contribution >= 4 is 34.6 Å². The third kappa shape index (κ3) is 3.04. The lowest BCUT2D eigenvalue weighted by molar-refractivity contribution is 0.320. The monoisotopic (exact) mass is 318 g/mol. The van der Waals surface area contributed by atoms with Crippen LogP contribution in [0.5, 0.6) is 5.75 Å². The largest absolute Gasteiger partial charge is 0.491 e. The number of rotatable bonds is 6. The van der Waals surface area contributed by atoms with Crippen LogP contribution in [0.4, 0.5) is 0 Å². The molecule has 2 aromatic heterocycles. The molecule has 3 aromatic rings. The average molecular weight is 318 g/mol. The van der Waals surface area contributed by atoms with Crippen LogP contribution in [0.3, 0.4) is 0 Å². The van der Waals surface area contributed by atoms with Crippen molar-refractivity contribution in [3.8, 4) is 5.75 Å². The molecule has 3 nitrogen and oxygen atoms in total. The van der Waals surface area contributed by atoms with E-state index in [1.165, 1.54) is 5.56 Å². The number of hydrogen-bond acceptors (Lipinski definition) is 3. The van der Waals surface area contributed by atoms with Gasteiger partial charge in [-0.2, -0.15) is 11.3 Å². The number of nitrogens with one attached hydrogen (secondary N) is 1. The van der Waals surface area contributed by atoms with Crippen LogP contribution in [0.1, 0.15) is 18.9 Å². The van der Waals surface area contributed by atoms with Gasteiger partial charge in [-0.05, 0) is 59.6 Å². The first kappa shape index (κ1) is 14.4. The Morgan fingerprint density at radius 2 is 2.24 bits per heavy atom. The second-order valence-electron chi connectivity index (χ2n) is 4.96. The van der Waals surface area contributed by atoms with Crippen LogP contribution in [0.25, 0.3) is 11.0 Å². The second kappa shape index (κ2) is 6.45. The van der Waals surface area contributed by atoms with Gasteiger partial charge in [-0.1, -0.05) is 13.0 Å². The van der Waals surface area contributed by atoms with Gasteiger partial charge in [0.2, 0.25) is 0 Å². The van der Waals surface area contributed by atoms with Crippen LogP contribution in [0.15, 0.2) is 35.0 Å². The van der Waals surface area contributed by atoms with E-state index < -0.39 is 0 Å². The van der Waals surface area contributed by atoms with Gasteiger partial charge in [0.05, 0.1) is 12.1 Å². The number of H-pyrrole nitrogens is 1. The number of ether oxygens (including phenoxy) is 1. The standard InChI is InChI=1S/C16H18N2OS2/c1-2-9-19-14-5-3-4-13-15(14)17-16(20)18(13)8-6-12-7-10-21-11-12/h3-5,7,10-11H,2,6,8-9H2,1H3,(H,17,20). The summed E-state index contributed by atoms with van der Waals surface area (Å²) in [7, 11) is 0. The van der Waals surface area contributed by atoms with E-state index in [-0.39, 0.29) is 0 Å². The number of hydrogen-bond donors (Lipinski definition) is 1. The molecule has 0 bridgehead atoms. The first-order valence-electron chi connectivity index (χ1n) is 7.15. The van der Waals surface area contributed by atoms with Gasteiger partial charge in [0.1, 0.15) is 11.3 Å². The Hall–Kier alpha value is -1.59. The Balaban J connectivity index is 1.91. The van der Waals surface area contributed by atoms with Crippen molar-refractivity contribution in [3.63, 3.8) is 0 Å². The van der Waals surface area contributed by atoms with Gasteiger partial charge in [-0.3, -0.25) is 0 Å². The number of thiophene rings is 1. The number of aryl methyl sites for hydroxylation is 2. The van der Waals surface area contributed by atoms with Crippen LogP contribution >= 0.6 is 23.6 Å². The Morgan fingerprint density at radius 3 is 3.00 bits per heavy atom. The topological polar surface area (TPSA) is 29.9 Å². The van der Waals surface area contributed by atoms with Gasteiger partial charge in [0.25, 0.3) is 0 Å². The zero-order valence-corrected chi connectivity index (χ0v) is 13.6. The molecule has 0 fully saturated rings. The van der Waals surface area contributed by atoms with Crippen molar-refractivity contribution in [1.29, 1.82) is 0 Å². The van der Waals surface area contributed by atoms with Gasteiger partial charge in [-0.25, -0.2) is 0 Å². The quantitative estimate of drug-likeness (QED) is 0.662. The van der Waals surface area contributed by atoms with Crippen molar-refractivity contribution < 1.29 is 4.74 Å². The second-order valence-corrected chi connectivity index (χ2v) is 6.13. The normalized spacial score (nSPS) is 11.1. The highest BCUT2D eigenvalue weighted by Gasteiger charge is 2.09. The highest BCUT2D eigenvalue weighted by Crippen LogP contribution is 2.25. The highest BCUT2D eigenvalue weighted by atomic mass is 32.1. The fourth-order valence-electron chi connectivity index (χ4n) is 2.38. The van der Waals surface area contributed by atoms with E-state index in [9.17, 15) is 0 Å². The molecular formula is C16H18N2OS2. The summed E-state index contributed by atoms with van der Waals surface area (Å²) in [5.41, 5.74) is 3.47. The summed E-state index contributed by atoms with van der Waals surface area (Å²) in [5.74, 6) is 0.884. The molecule has 5 heteroatoms. The summed E-state index contributed by atoms with van der Waals surface area (Å²) in [5, 5.41) is 4.30. The van der Waals surface area contributed by atoms with Gasteiger partial charge >= 0.3 is 0 Å². The SMILES string of the molecule is CCCOc1cccc2c1[nH]c(=S)n2CCc1ccsc1. The van der Waals surface area contributed by atoms with Gasteiger partial charge in [0.15, 0.2) is 4.77 Å². The number of para-hydroxylation sites is 1. The van der Waals surface area contributed by atoms with Crippen molar-refractivity contribution in [2.45, 2.75) is 26.3 Å². The molecule has 3 rings (SSSR count). The fourth-order valence-corrected chi connectivity index (χ4v) is 3.38. The van der Waals surface area contributed by atoms with Crippen molar-refractivity contribution in [2.24, 2.45) is 0 Å². The Morgan fingerprint density at radius 1 is 1.33 bits per heavy atom. The van der Waals surface area contributed by atoms with Crippen LogP contribution < -0.4 is 4.74 Å². The summed E-state index contributed by atoms with van der Waals surface area (Å²) >= 11 is 7.21. The van der Waals surface area contributed by atoms with Crippen LogP contribution in [0.2, 0.25) is 0 Å². The fraction of sp³-hybridized carbons (Fsp3) is 0.312. The van der Waals surface area contributed by atoms with Gasteiger partial charge in [0, 0.05) is 6.54 Å². The summed E-state index contributed by atoms with van der Waals surface area (Å²) in [6, 6.07) is 8.27. The number of aromatic nitrogens is 2. The lowest BCUT2D eigenvalue weighted by atomic mass is 10.2. The van der Waals surface area contributed by atoms with E-state index in [0.29, 0.717) is 0 Å². The van der Waals surface area contributed by atoms with Crippen LogP contribution in [0, 0.1) is 4.77 Å². The summed E-state index contributed by atoms with van der Waals surface area (Å²) < 4.78 is 8.71. The third-order valence-electron chi connectivity index (χ3n) is 3.44. The van der Waals surface area contributed by atoms with Crippen molar-refractivity contribution in [3.05, 3.63) is 45.4 Å². The zero-order valence-electron chi connectivity index (χ0n) is 12.0. The smallest absolute Gasteiger partial charge is 0.178 e. The molecule has 0 spiro atoms. The molecule has 21 heavy (non-hydrogen) atoms. The Labute approximate surface area is 133 Å².